The first-order chi connectivity index (χ1) is 12.9. The first-order valence-corrected chi connectivity index (χ1v) is 12.2. The van der Waals surface area contributed by atoms with Gasteiger partial charge in [-0.05, 0) is 60.1 Å². The molecule has 0 bridgehead atoms. The number of halogens is 2. The molecule has 0 heterocycles. The highest BCUT2D eigenvalue weighted by Crippen LogP contribution is 2.58. The monoisotopic (exact) mass is 498 g/mol. The van der Waals surface area contributed by atoms with Crippen LogP contribution in [-0.2, 0) is 7.90 Å². The van der Waals surface area contributed by atoms with Gasteiger partial charge in [-0.25, -0.2) is 0 Å². The van der Waals surface area contributed by atoms with Gasteiger partial charge in [-0.3, -0.25) is 0 Å². The number of alkyl halides is 2. The topological polar surface area (TPSA) is 0 Å². The van der Waals surface area contributed by atoms with E-state index in [9.17, 15) is 0 Å². The molecule has 0 aliphatic heterocycles. The molecular weight excluding hydrogens is 476 g/mol. The van der Waals surface area contributed by atoms with E-state index >= 15 is 0 Å². The smallest absolute Gasteiger partial charge is 0.0795 e. The van der Waals surface area contributed by atoms with Crippen LogP contribution in [0, 0.1) is 0 Å². The van der Waals surface area contributed by atoms with Gasteiger partial charge in [0.1, 0.15) is 9.52 Å². The van der Waals surface area contributed by atoms with Crippen LogP contribution >= 0.6 is 31.9 Å². The lowest BCUT2D eigenvalue weighted by Crippen LogP contribution is -2.39. The lowest BCUT2D eigenvalue weighted by atomic mass is 10.0. The lowest BCUT2D eigenvalue weighted by molar-refractivity contribution is 0.964. The Bertz CT molecular complexity index is 908. The average Bonchev–Trinajstić information content (AvgIpc) is 3.02. The van der Waals surface area contributed by atoms with Crippen molar-refractivity contribution in [1.29, 1.82) is 0 Å². The third-order valence-electron chi connectivity index (χ3n) is 6.24. The van der Waals surface area contributed by atoms with E-state index in [-0.39, 0.29) is 7.90 Å². The summed E-state index contributed by atoms with van der Waals surface area (Å²) in [5.41, 5.74) is 11.6. The van der Waals surface area contributed by atoms with Gasteiger partial charge in [0.15, 0.2) is 0 Å². The van der Waals surface area contributed by atoms with Crippen molar-refractivity contribution in [1.82, 2.24) is 0 Å². The molecule has 0 amide bonds. The standard InChI is InChI=1S/C24H24Br2Si/c1-5-17-15(3)23(25,21-13-9-7-11-19(17)21)27-24(26)16(4)18(6-2)20-12-8-10-14-22(20)24/h7-14H,5-6H2,1-4H3. The fourth-order valence-electron chi connectivity index (χ4n) is 4.79. The maximum absolute atomic E-state index is 4.26. The highest BCUT2D eigenvalue weighted by atomic mass is 79.9. The SMILES string of the molecule is CCC1=C(C)C(Br)([Si]C2(Br)C(C)=C(CC)c3ccccc32)c2ccccc21. The Morgan fingerprint density at radius 2 is 1.07 bits per heavy atom. The van der Waals surface area contributed by atoms with E-state index in [0.717, 1.165) is 12.8 Å². The van der Waals surface area contributed by atoms with Gasteiger partial charge in [0.2, 0.25) is 0 Å². The molecule has 0 N–H and O–H groups in total. The molecule has 0 aromatic heterocycles. The van der Waals surface area contributed by atoms with E-state index in [2.05, 4.69) is 108 Å². The second-order valence-corrected chi connectivity index (χ2v) is 13.0. The van der Waals surface area contributed by atoms with Crippen molar-refractivity contribution in [2.24, 2.45) is 0 Å². The Hall–Kier alpha value is -0.903. The largest absolute Gasteiger partial charge is 0.106 e. The average molecular weight is 500 g/mol. The van der Waals surface area contributed by atoms with E-state index in [4.69, 9.17) is 0 Å². The molecule has 0 spiro atoms. The summed E-state index contributed by atoms with van der Waals surface area (Å²) in [5, 5.41) is 0. The van der Waals surface area contributed by atoms with Gasteiger partial charge >= 0.3 is 0 Å². The number of benzene rings is 2. The zero-order valence-electron chi connectivity index (χ0n) is 16.3. The second kappa shape index (κ2) is 6.86. The predicted molar refractivity (Wildman–Crippen MR) is 126 cm³/mol. The van der Waals surface area contributed by atoms with Crippen LogP contribution in [0.2, 0.25) is 0 Å². The van der Waals surface area contributed by atoms with E-state index in [1.54, 1.807) is 0 Å². The van der Waals surface area contributed by atoms with Crippen molar-refractivity contribution >= 4 is 52.5 Å². The second-order valence-electron chi connectivity index (χ2n) is 7.45. The minimum Gasteiger partial charge on any atom is -0.0795 e. The summed E-state index contributed by atoms with van der Waals surface area (Å²) >= 11 is 8.52. The molecule has 2 unspecified atom stereocenters. The van der Waals surface area contributed by atoms with Gasteiger partial charge < -0.3 is 0 Å². The van der Waals surface area contributed by atoms with Crippen LogP contribution in [0.4, 0.5) is 0 Å². The van der Waals surface area contributed by atoms with Gasteiger partial charge in [-0.2, -0.15) is 0 Å². The number of hydrogen-bond acceptors (Lipinski definition) is 0. The quantitative estimate of drug-likeness (QED) is 0.300. The van der Waals surface area contributed by atoms with Crippen molar-refractivity contribution in [3.63, 3.8) is 0 Å². The van der Waals surface area contributed by atoms with E-state index in [0.29, 0.717) is 9.52 Å². The molecule has 0 nitrogen and oxygen atoms in total. The molecule has 2 radical (unpaired) electrons. The van der Waals surface area contributed by atoms with Crippen LogP contribution in [0.15, 0.2) is 59.7 Å². The number of allylic oxidation sites excluding steroid dienone is 4. The Labute approximate surface area is 182 Å². The molecule has 27 heavy (non-hydrogen) atoms. The summed E-state index contributed by atoms with van der Waals surface area (Å²) in [4.78, 5) is 0. The van der Waals surface area contributed by atoms with Crippen molar-refractivity contribution in [3.05, 3.63) is 81.9 Å². The van der Waals surface area contributed by atoms with E-state index in [1.807, 2.05) is 0 Å². The minimum atomic E-state index is -0.115. The maximum atomic E-state index is 4.26. The van der Waals surface area contributed by atoms with E-state index in [1.165, 1.54) is 44.5 Å². The molecule has 2 aromatic rings. The molecular formula is C24H24Br2Si. The summed E-state index contributed by atoms with van der Waals surface area (Å²) in [7, 11) is 0.636. The molecule has 2 atom stereocenters. The molecule has 0 saturated carbocycles. The number of hydrogen-bond donors (Lipinski definition) is 0. The first kappa shape index (κ1) is 19.4. The van der Waals surface area contributed by atoms with Crippen LogP contribution in [-0.4, -0.2) is 9.52 Å². The first-order valence-electron chi connectivity index (χ1n) is 9.65. The lowest BCUT2D eigenvalue weighted by Gasteiger charge is -2.35. The fraction of sp³-hybridized carbons (Fsp3) is 0.333. The number of rotatable bonds is 4. The molecule has 4 rings (SSSR count). The molecule has 138 valence electrons. The van der Waals surface area contributed by atoms with Crippen LogP contribution in [0.1, 0.15) is 62.8 Å². The zero-order valence-corrected chi connectivity index (χ0v) is 20.5. The zero-order chi connectivity index (χ0) is 19.4. The number of fused-ring (bicyclic) bond motifs is 2. The van der Waals surface area contributed by atoms with Gasteiger partial charge in [0, 0.05) is 0 Å². The highest BCUT2D eigenvalue weighted by molar-refractivity contribution is 9.11. The van der Waals surface area contributed by atoms with E-state index < -0.39 is 0 Å². The summed E-state index contributed by atoms with van der Waals surface area (Å²) in [6, 6.07) is 17.9. The van der Waals surface area contributed by atoms with Crippen molar-refractivity contribution in [2.75, 3.05) is 0 Å². The molecule has 2 aliphatic rings. The van der Waals surface area contributed by atoms with Gasteiger partial charge in [0.05, 0.1) is 7.90 Å². The van der Waals surface area contributed by atoms with Crippen LogP contribution in [0.5, 0.6) is 0 Å². The summed E-state index contributed by atoms with van der Waals surface area (Å²) in [6.45, 7) is 9.17. The molecule has 0 saturated heterocycles. The van der Waals surface area contributed by atoms with Crippen molar-refractivity contribution in [2.45, 2.75) is 48.4 Å². The van der Waals surface area contributed by atoms with Crippen LogP contribution < -0.4 is 0 Å². The van der Waals surface area contributed by atoms with Crippen molar-refractivity contribution < 1.29 is 0 Å². The van der Waals surface area contributed by atoms with Gasteiger partial charge in [-0.15, -0.1) is 0 Å². The predicted octanol–water partition coefficient (Wildman–Crippen LogP) is 7.58. The normalized spacial score (nSPS) is 26.6. The summed E-state index contributed by atoms with van der Waals surface area (Å²) < 4.78 is -0.230. The summed E-state index contributed by atoms with van der Waals surface area (Å²) in [6.07, 6.45) is 2.14. The highest BCUT2D eigenvalue weighted by Gasteiger charge is 2.50. The third kappa shape index (κ3) is 2.65. The molecule has 3 heteroatoms. The van der Waals surface area contributed by atoms with Gasteiger partial charge in [0.25, 0.3) is 0 Å². The molecule has 0 fully saturated rings. The van der Waals surface area contributed by atoms with Crippen LogP contribution in [0.25, 0.3) is 11.1 Å². The Kier molecular flexibility index (Phi) is 4.93. The third-order valence-corrected chi connectivity index (χ3v) is 11.4. The Balaban J connectivity index is 1.89. The van der Waals surface area contributed by atoms with Crippen molar-refractivity contribution in [3.8, 4) is 0 Å². The fourth-order valence-corrected chi connectivity index (χ4v) is 10.4. The van der Waals surface area contributed by atoms with Gasteiger partial charge in [-0.1, -0.05) is 105 Å². The van der Waals surface area contributed by atoms with Crippen LogP contribution in [0.3, 0.4) is 0 Å². The Morgan fingerprint density at radius 3 is 1.44 bits per heavy atom. The summed E-state index contributed by atoms with van der Waals surface area (Å²) in [5.74, 6) is 0. The minimum absolute atomic E-state index is 0.115. The molecule has 2 aromatic carbocycles. The maximum Gasteiger partial charge on any atom is 0.106 e. The Morgan fingerprint density at radius 1 is 0.704 bits per heavy atom. The molecule has 2 aliphatic carbocycles.